The summed E-state index contributed by atoms with van der Waals surface area (Å²) in [5.41, 5.74) is 0. The number of hydrogen-bond donors (Lipinski definition) is 0. The van der Waals surface area contributed by atoms with Crippen molar-refractivity contribution >= 4 is 7.82 Å². The first-order valence-electron chi connectivity index (χ1n) is 1.28. The number of rotatable bonds is 0. The molecular formula is Mn2NO7P. The molecule has 0 atom stereocenters. The van der Waals surface area contributed by atoms with Crippen molar-refractivity contribution < 1.29 is 58.5 Å². The first-order chi connectivity index (χ1) is 3.73. The van der Waals surface area contributed by atoms with Crippen LogP contribution in [0.2, 0.25) is 0 Å². The Hall–Kier alpha value is 0.349. The van der Waals surface area contributed by atoms with Crippen LogP contribution in [0.5, 0.6) is 0 Å². The molecule has 8 nitrogen and oxygen atoms in total. The van der Waals surface area contributed by atoms with Crippen LogP contribution in [-0.4, -0.2) is 5.09 Å². The minimum atomic E-state index is -5.39. The third-order valence-corrected chi connectivity index (χ3v) is 0. The van der Waals surface area contributed by atoms with Crippen LogP contribution in [0.15, 0.2) is 0 Å². The average Bonchev–Trinajstić information content (AvgIpc) is 1.19. The van der Waals surface area contributed by atoms with Gasteiger partial charge in [-0.1, -0.05) is 0 Å². The van der Waals surface area contributed by atoms with E-state index in [-0.39, 0.29) is 34.1 Å². The van der Waals surface area contributed by atoms with E-state index in [9.17, 15) is 0 Å². The van der Waals surface area contributed by atoms with Crippen LogP contribution in [0.3, 0.4) is 0 Å². The van der Waals surface area contributed by atoms with Crippen molar-refractivity contribution in [3.05, 3.63) is 15.3 Å². The molecule has 0 amide bonds. The van der Waals surface area contributed by atoms with E-state index in [0.29, 0.717) is 0 Å². The molecular weight excluding hydrogens is 267 g/mol. The molecule has 0 heterocycles. The van der Waals surface area contributed by atoms with Gasteiger partial charge >= 0.3 is 34.1 Å². The van der Waals surface area contributed by atoms with Gasteiger partial charge in [0.1, 0.15) is 0 Å². The second-order valence-electron chi connectivity index (χ2n) is 0.671. The van der Waals surface area contributed by atoms with Crippen molar-refractivity contribution in [1.29, 1.82) is 0 Å². The van der Waals surface area contributed by atoms with Gasteiger partial charge in [0.2, 0.25) is 0 Å². The standard InChI is InChI=1S/2Mn.NO3.H3O4P/c;;2-1(3)4;1-5(2,3)4/h;;;(H3,1,2,3,4)/q2*+2;-1;/p-3. The summed E-state index contributed by atoms with van der Waals surface area (Å²) in [5.74, 6) is 0. The van der Waals surface area contributed by atoms with Crippen molar-refractivity contribution in [2.75, 3.05) is 0 Å². The van der Waals surface area contributed by atoms with Gasteiger partial charge in [0, 0.05) is 0 Å². The first-order valence-corrected chi connectivity index (χ1v) is 2.74. The van der Waals surface area contributed by atoms with Crippen LogP contribution in [0.25, 0.3) is 0 Å². The van der Waals surface area contributed by atoms with Crippen LogP contribution in [0, 0.1) is 15.3 Å². The maximum absolute atomic E-state index is 8.55. The third-order valence-electron chi connectivity index (χ3n) is 0. The molecule has 0 aliphatic rings. The average molecular weight is 267 g/mol. The molecule has 0 aromatic rings. The summed E-state index contributed by atoms with van der Waals surface area (Å²) in [6, 6.07) is 0. The van der Waals surface area contributed by atoms with Crippen molar-refractivity contribution in [3.8, 4) is 0 Å². The molecule has 0 N–H and O–H groups in total. The molecule has 66 valence electrons. The van der Waals surface area contributed by atoms with E-state index in [1.54, 1.807) is 0 Å². The fraction of sp³-hybridized carbons (Fsp3) is 0. The smallest absolute Gasteiger partial charge is 0.822 e. The van der Waals surface area contributed by atoms with Crippen LogP contribution in [-0.2, 0) is 38.7 Å². The Labute approximate surface area is 81.9 Å². The summed E-state index contributed by atoms with van der Waals surface area (Å²) in [7, 11) is -5.39. The Bertz CT molecular complexity index is 116. The van der Waals surface area contributed by atoms with Crippen molar-refractivity contribution in [3.63, 3.8) is 0 Å². The maximum Gasteiger partial charge on any atom is 2.00 e. The van der Waals surface area contributed by atoms with Gasteiger partial charge in [-0.05, 0) is 0 Å². The van der Waals surface area contributed by atoms with Gasteiger partial charge in [0.05, 0.1) is 5.09 Å². The first kappa shape index (κ1) is 22.5. The van der Waals surface area contributed by atoms with E-state index in [2.05, 4.69) is 0 Å². The van der Waals surface area contributed by atoms with Crippen molar-refractivity contribution in [1.82, 2.24) is 0 Å². The summed E-state index contributed by atoms with van der Waals surface area (Å²) in [4.78, 5) is 33.9. The van der Waals surface area contributed by atoms with Crippen molar-refractivity contribution in [2.45, 2.75) is 0 Å². The Morgan fingerprint density at radius 2 is 1.00 bits per heavy atom. The zero-order valence-electron chi connectivity index (χ0n) is 4.51. The summed E-state index contributed by atoms with van der Waals surface area (Å²) in [5, 5.41) is 14.8. The Balaban J connectivity index is -0.0000000383. The number of phosphoric acid groups is 1. The minimum absolute atomic E-state index is 0. The van der Waals surface area contributed by atoms with Gasteiger partial charge in [-0.3, -0.25) is 0 Å². The van der Waals surface area contributed by atoms with Gasteiger partial charge in [0.25, 0.3) is 0 Å². The zero-order valence-corrected chi connectivity index (χ0v) is 7.76. The largest absolute Gasteiger partial charge is 2.00 e. The number of nitrogens with zero attached hydrogens (tertiary/aromatic N) is 1. The second kappa shape index (κ2) is 10.3. The molecule has 2 radical (unpaired) electrons. The molecule has 0 aliphatic carbocycles. The summed E-state index contributed by atoms with van der Waals surface area (Å²) in [6.07, 6.45) is 0. The summed E-state index contributed by atoms with van der Waals surface area (Å²) < 4.78 is 8.55. The molecule has 0 bridgehead atoms. The SMILES string of the molecule is O=P([O-])([O-])[O-].O=[N+]([O-])[O-].[Mn+2].[Mn+2]. The fourth-order valence-electron chi connectivity index (χ4n) is 0. The van der Waals surface area contributed by atoms with E-state index in [0.717, 1.165) is 0 Å². The minimum Gasteiger partial charge on any atom is -0.822 e. The molecule has 0 spiro atoms. The van der Waals surface area contributed by atoms with Crippen LogP contribution in [0.4, 0.5) is 0 Å². The van der Waals surface area contributed by atoms with E-state index < -0.39 is 12.9 Å². The topological polar surface area (TPSA) is 152 Å². The van der Waals surface area contributed by atoms with Crippen LogP contribution in [0.1, 0.15) is 0 Å². The normalized spacial score (nSPS) is 7.55. The predicted octanol–water partition coefficient (Wildman–Crippen LogP) is -3.07. The van der Waals surface area contributed by atoms with Gasteiger partial charge in [-0.2, -0.15) is 7.82 Å². The quantitative estimate of drug-likeness (QED) is 0.195. The summed E-state index contributed by atoms with van der Waals surface area (Å²) in [6.45, 7) is 0. The number of hydrogen-bond acceptors (Lipinski definition) is 7. The molecule has 0 saturated heterocycles. The Morgan fingerprint density at radius 3 is 1.00 bits per heavy atom. The molecule has 0 fully saturated rings. The predicted molar refractivity (Wildman–Crippen MR) is 18.0 cm³/mol. The maximum atomic E-state index is 8.55. The second-order valence-corrected chi connectivity index (χ2v) is 1.57. The molecule has 0 aromatic heterocycles. The van der Waals surface area contributed by atoms with E-state index in [1.165, 1.54) is 0 Å². The van der Waals surface area contributed by atoms with Crippen molar-refractivity contribution in [2.24, 2.45) is 0 Å². The molecule has 0 aromatic carbocycles. The van der Waals surface area contributed by atoms with E-state index in [1.807, 2.05) is 0 Å². The molecule has 11 heteroatoms. The molecule has 0 rings (SSSR count). The fourth-order valence-corrected chi connectivity index (χ4v) is 0. The third kappa shape index (κ3) is 5920. The van der Waals surface area contributed by atoms with Crippen LogP contribution >= 0.6 is 7.82 Å². The molecule has 11 heavy (non-hydrogen) atoms. The Kier molecular flexibility index (Phi) is 21.2. The van der Waals surface area contributed by atoms with Crippen LogP contribution < -0.4 is 14.7 Å². The molecule has 0 unspecified atom stereocenters. The Morgan fingerprint density at radius 1 is 1.00 bits per heavy atom. The van der Waals surface area contributed by atoms with Gasteiger partial charge in [-0.25, -0.2) is 0 Å². The molecule has 0 saturated carbocycles. The monoisotopic (exact) mass is 267 g/mol. The van der Waals surface area contributed by atoms with E-state index >= 15 is 0 Å². The van der Waals surface area contributed by atoms with E-state index in [4.69, 9.17) is 34.6 Å². The molecule has 0 aliphatic heterocycles. The van der Waals surface area contributed by atoms with Gasteiger partial charge in [0.15, 0.2) is 0 Å². The zero-order chi connectivity index (χ0) is 8.08. The summed E-state index contributed by atoms with van der Waals surface area (Å²) >= 11 is 0. The van der Waals surface area contributed by atoms with Gasteiger partial charge in [-0.15, -0.1) is 0 Å². The van der Waals surface area contributed by atoms with Gasteiger partial charge < -0.3 is 34.6 Å².